The highest BCUT2D eigenvalue weighted by molar-refractivity contribution is 7.00. The Morgan fingerprint density at radius 3 is 1.84 bits per heavy atom. The highest BCUT2D eigenvalue weighted by Gasteiger charge is 2.43. The Morgan fingerprint density at radius 1 is 0.625 bits per heavy atom. The van der Waals surface area contributed by atoms with Gasteiger partial charge in [-0.2, -0.15) is 0 Å². The van der Waals surface area contributed by atoms with Crippen LogP contribution in [0.3, 0.4) is 0 Å². The van der Waals surface area contributed by atoms with Crippen LogP contribution < -0.4 is 16.4 Å². The fourth-order valence-corrected chi connectivity index (χ4v) is 10.8. The number of aromatic nitrogens is 4. The Bertz CT molecular complexity index is 3200. The minimum absolute atomic E-state index is 0.00334. The number of fused-ring (bicyclic) bond motifs is 10. The van der Waals surface area contributed by atoms with Crippen LogP contribution in [0.15, 0.2) is 89.3 Å². The molecule has 5 heterocycles. The van der Waals surface area contributed by atoms with Gasteiger partial charge in [0.2, 0.25) is 0 Å². The van der Waals surface area contributed by atoms with Gasteiger partial charge >= 0.3 is 0 Å². The van der Waals surface area contributed by atoms with Crippen molar-refractivity contribution in [3.63, 3.8) is 0 Å². The van der Waals surface area contributed by atoms with Crippen molar-refractivity contribution < 1.29 is 4.42 Å². The van der Waals surface area contributed by atoms with Crippen molar-refractivity contribution in [1.82, 2.24) is 19.1 Å². The first-order chi connectivity index (χ1) is 27.1. The van der Waals surface area contributed by atoms with E-state index < -0.39 is 0 Å². The smallest absolute Gasteiger partial charge is 0.252 e. The minimum atomic E-state index is 0.00334. The summed E-state index contributed by atoms with van der Waals surface area (Å²) in [4.78, 5) is 11.4. The van der Waals surface area contributed by atoms with Gasteiger partial charge in [0.05, 0.1) is 16.6 Å². The Morgan fingerprint density at radius 2 is 1.20 bits per heavy atom. The summed E-state index contributed by atoms with van der Waals surface area (Å²) in [6.07, 6.45) is 4.59. The molecule has 1 aliphatic carbocycles. The van der Waals surface area contributed by atoms with E-state index in [0.717, 1.165) is 57.5 Å². The summed E-state index contributed by atoms with van der Waals surface area (Å²) in [7, 11) is 0. The lowest BCUT2D eigenvalue weighted by Gasteiger charge is -2.34. The van der Waals surface area contributed by atoms with E-state index in [1.54, 1.807) is 0 Å². The molecule has 0 atom stereocenters. The summed E-state index contributed by atoms with van der Waals surface area (Å²) in [5.74, 6) is 2.01. The zero-order valence-electron chi connectivity index (χ0n) is 33.2. The van der Waals surface area contributed by atoms with Crippen LogP contribution in [0, 0.1) is 27.7 Å². The van der Waals surface area contributed by atoms with E-state index in [1.807, 2.05) is 0 Å². The second-order valence-electron chi connectivity index (χ2n) is 17.8. The lowest BCUT2D eigenvalue weighted by Crippen LogP contribution is -2.59. The molecule has 0 bridgehead atoms. The van der Waals surface area contributed by atoms with Gasteiger partial charge in [-0.05, 0) is 138 Å². The molecule has 3 aromatic heterocycles. The van der Waals surface area contributed by atoms with Crippen LogP contribution in [0.1, 0.15) is 72.6 Å². The average molecular weight is 727 g/mol. The Kier molecular flexibility index (Phi) is 6.31. The molecule has 0 fully saturated rings. The van der Waals surface area contributed by atoms with Gasteiger partial charge in [0.1, 0.15) is 22.7 Å². The van der Waals surface area contributed by atoms with E-state index >= 15 is 0 Å². The van der Waals surface area contributed by atoms with Crippen LogP contribution in [-0.4, -0.2) is 25.8 Å². The van der Waals surface area contributed by atoms with Crippen LogP contribution in [-0.2, 0) is 18.3 Å². The predicted octanol–water partition coefficient (Wildman–Crippen LogP) is 10.2. The number of hydrogen-bond donors (Lipinski definition) is 0. The molecule has 272 valence electrons. The maximum atomic E-state index is 6.89. The molecule has 0 saturated carbocycles. The molecule has 0 amide bonds. The number of rotatable bonds is 2. The number of furan rings is 1. The maximum Gasteiger partial charge on any atom is 0.252 e. The first kappa shape index (κ1) is 32.4. The third-order valence-corrected chi connectivity index (χ3v) is 13.4. The fraction of sp³-hybridized carbons (Fsp3) is 0.240. The van der Waals surface area contributed by atoms with Gasteiger partial charge in [-0.25, -0.2) is 9.97 Å². The zero-order chi connectivity index (χ0) is 37.9. The van der Waals surface area contributed by atoms with Gasteiger partial charge < -0.3 is 4.42 Å². The molecule has 12 rings (SSSR count). The molecule has 0 spiro atoms. The second kappa shape index (κ2) is 10.9. The van der Waals surface area contributed by atoms with Gasteiger partial charge in [-0.15, -0.1) is 0 Å². The number of imidazole rings is 2. The SMILES string of the molecule is Cc1cccc(C)c1-c1nc2c3c(cc4c2n1-c1cccc2c1B4c1cc4c5cc(C(C)(C)C)ccc5oc4c4nc(-c5c(C)cccc5C)n-2c14)CCCC3. The molecule has 5 nitrogen and oxygen atoms in total. The number of hydrogen-bond acceptors (Lipinski definition) is 3. The third-order valence-electron chi connectivity index (χ3n) is 13.4. The van der Waals surface area contributed by atoms with Gasteiger partial charge in [0, 0.05) is 33.3 Å². The number of aryl methyl sites for hydroxylation is 6. The molecule has 0 N–H and O–H groups in total. The molecular formula is C50H43BN4O. The van der Waals surface area contributed by atoms with Gasteiger partial charge in [-0.1, -0.05) is 81.4 Å². The molecule has 9 aromatic rings. The lowest BCUT2D eigenvalue weighted by molar-refractivity contribution is 0.590. The van der Waals surface area contributed by atoms with Crippen LogP contribution in [0.25, 0.3) is 78.2 Å². The van der Waals surface area contributed by atoms with Crippen LogP contribution >= 0.6 is 0 Å². The second-order valence-corrected chi connectivity index (χ2v) is 17.8. The van der Waals surface area contributed by atoms with Crippen molar-refractivity contribution in [3.05, 3.63) is 124 Å². The standard InChI is InChI=1S/C50H43BN4O/c1-26-13-10-14-27(2)40(26)48-52-43-32-18-9-8-17-30(32)23-35-45(43)54(48)37-19-12-20-38-42(37)51(35)36-25-34-33-24-31(50(5,6)7)21-22-39(33)56-47(34)44-46(36)55(38)49(53-44)41-28(3)15-11-16-29(41)4/h10-16,19-25H,8-9,17-18H2,1-7H3. The predicted molar refractivity (Wildman–Crippen MR) is 233 cm³/mol. The number of benzene rings is 6. The third kappa shape index (κ3) is 4.07. The summed E-state index contributed by atoms with van der Waals surface area (Å²) in [5.41, 5.74) is 24.2. The van der Waals surface area contributed by atoms with E-state index in [1.165, 1.54) is 102 Å². The summed E-state index contributed by atoms with van der Waals surface area (Å²) in [5, 5.41) is 2.29. The minimum Gasteiger partial charge on any atom is -0.454 e. The monoisotopic (exact) mass is 726 g/mol. The Balaban J connectivity index is 1.29. The number of nitrogens with zero attached hydrogens (tertiary/aromatic N) is 4. The summed E-state index contributed by atoms with van der Waals surface area (Å²) < 4.78 is 11.9. The summed E-state index contributed by atoms with van der Waals surface area (Å²) in [6.45, 7) is 15.8. The van der Waals surface area contributed by atoms with Crippen molar-refractivity contribution in [2.45, 2.75) is 79.6 Å². The van der Waals surface area contributed by atoms with E-state index in [-0.39, 0.29) is 12.1 Å². The van der Waals surface area contributed by atoms with Crippen molar-refractivity contribution in [2.24, 2.45) is 0 Å². The van der Waals surface area contributed by atoms with E-state index in [2.05, 4.69) is 143 Å². The first-order valence-electron chi connectivity index (χ1n) is 20.3. The zero-order valence-corrected chi connectivity index (χ0v) is 33.2. The van der Waals surface area contributed by atoms with Crippen molar-refractivity contribution in [3.8, 4) is 34.2 Å². The molecule has 6 aromatic carbocycles. The van der Waals surface area contributed by atoms with Crippen molar-refractivity contribution >= 4 is 67.1 Å². The largest absolute Gasteiger partial charge is 0.454 e. The summed E-state index contributed by atoms with van der Waals surface area (Å²) >= 11 is 0. The van der Waals surface area contributed by atoms with Crippen molar-refractivity contribution in [1.29, 1.82) is 0 Å². The molecular weight excluding hydrogens is 683 g/mol. The molecule has 0 radical (unpaired) electrons. The molecule has 3 aliphatic rings. The molecule has 0 unspecified atom stereocenters. The van der Waals surface area contributed by atoms with Crippen LogP contribution in [0.4, 0.5) is 0 Å². The quantitative estimate of drug-likeness (QED) is 0.167. The highest BCUT2D eigenvalue weighted by atomic mass is 16.3. The van der Waals surface area contributed by atoms with Crippen LogP contribution in [0.2, 0.25) is 0 Å². The molecule has 6 heteroatoms. The fourth-order valence-electron chi connectivity index (χ4n) is 10.8. The van der Waals surface area contributed by atoms with Gasteiger partial charge in [0.25, 0.3) is 6.71 Å². The normalized spacial score (nSPS) is 14.4. The Labute approximate surface area is 327 Å². The molecule has 0 saturated heterocycles. The maximum absolute atomic E-state index is 6.89. The molecule has 2 aliphatic heterocycles. The van der Waals surface area contributed by atoms with Gasteiger partial charge in [0.15, 0.2) is 5.58 Å². The van der Waals surface area contributed by atoms with Crippen molar-refractivity contribution in [2.75, 3.05) is 0 Å². The summed E-state index contributed by atoms with van der Waals surface area (Å²) in [6, 6.07) is 31.9. The van der Waals surface area contributed by atoms with E-state index in [0.29, 0.717) is 0 Å². The van der Waals surface area contributed by atoms with E-state index in [4.69, 9.17) is 14.4 Å². The lowest BCUT2D eigenvalue weighted by atomic mass is 9.34. The van der Waals surface area contributed by atoms with Crippen LogP contribution in [0.5, 0.6) is 0 Å². The first-order valence-corrected chi connectivity index (χ1v) is 20.3. The topological polar surface area (TPSA) is 48.8 Å². The highest BCUT2D eigenvalue weighted by Crippen LogP contribution is 2.43. The van der Waals surface area contributed by atoms with Gasteiger partial charge in [-0.3, -0.25) is 9.13 Å². The van der Waals surface area contributed by atoms with E-state index in [9.17, 15) is 0 Å². The average Bonchev–Trinajstić information content (AvgIpc) is 3.87. The molecule has 56 heavy (non-hydrogen) atoms. The Hall–Kier alpha value is -5.88.